The van der Waals surface area contributed by atoms with Gasteiger partial charge >= 0.3 is 0 Å². The fourth-order valence-electron chi connectivity index (χ4n) is 2.39. The summed E-state index contributed by atoms with van der Waals surface area (Å²) in [4.78, 5) is 12.3. The second-order valence-corrected chi connectivity index (χ2v) is 5.09. The van der Waals surface area contributed by atoms with Crippen molar-refractivity contribution in [3.05, 3.63) is 35.4 Å². The number of hydrogen-bond donors (Lipinski definition) is 1. The molecule has 0 aliphatic heterocycles. The Labute approximate surface area is 103 Å². The van der Waals surface area contributed by atoms with Crippen molar-refractivity contribution in [1.82, 2.24) is 5.32 Å². The Morgan fingerprint density at radius 3 is 2.41 bits per heavy atom. The van der Waals surface area contributed by atoms with E-state index in [-0.39, 0.29) is 5.41 Å². The van der Waals surface area contributed by atoms with Gasteiger partial charge in [0.05, 0.1) is 0 Å². The Bertz CT molecular complexity index is 390. The average Bonchev–Trinajstić information content (AvgIpc) is 3.11. The zero-order chi connectivity index (χ0) is 12.3. The van der Waals surface area contributed by atoms with Gasteiger partial charge in [-0.15, -0.1) is 0 Å². The van der Waals surface area contributed by atoms with Crippen LogP contribution >= 0.6 is 0 Å². The number of ketones is 1. The van der Waals surface area contributed by atoms with Crippen LogP contribution in [0, 0.1) is 5.41 Å². The van der Waals surface area contributed by atoms with E-state index < -0.39 is 0 Å². The highest BCUT2D eigenvalue weighted by Crippen LogP contribution is 2.47. The number of nitrogens with one attached hydrogen (secondary N) is 1. The number of rotatable bonds is 6. The number of Topliss-reactive ketones (excluding diaryl/α,β-unsaturated/α-hetero) is 1. The van der Waals surface area contributed by atoms with Gasteiger partial charge in [0, 0.05) is 17.5 Å². The SMILES string of the molecule is CCCc1ccc(C(=O)C2(CNC)CC2)cc1. The molecule has 0 atom stereocenters. The van der Waals surface area contributed by atoms with Gasteiger partial charge in [0.15, 0.2) is 5.78 Å². The average molecular weight is 231 g/mol. The summed E-state index contributed by atoms with van der Waals surface area (Å²) >= 11 is 0. The minimum absolute atomic E-state index is 0.0962. The molecular weight excluding hydrogens is 210 g/mol. The molecule has 2 nitrogen and oxygen atoms in total. The molecule has 1 N–H and O–H groups in total. The maximum atomic E-state index is 12.3. The monoisotopic (exact) mass is 231 g/mol. The van der Waals surface area contributed by atoms with E-state index >= 15 is 0 Å². The van der Waals surface area contributed by atoms with Gasteiger partial charge in [-0.05, 0) is 31.9 Å². The first kappa shape index (κ1) is 12.3. The van der Waals surface area contributed by atoms with E-state index in [9.17, 15) is 4.79 Å². The van der Waals surface area contributed by atoms with Crippen LogP contribution in [0.5, 0.6) is 0 Å². The molecule has 0 aromatic heterocycles. The van der Waals surface area contributed by atoms with Crippen molar-refractivity contribution < 1.29 is 4.79 Å². The maximum absolute atomic E-state index is 12.3. The zero-order valence-electron chi connectivity index (χ0n) is 10.8. The molecule has 1 saturated carbocycles. The van der Waals surface area contributed by atoms with E-state index in [2.05, 4.69) is 24.4 Å². The number of carbonyl (C=O) groups excluding carboxylic acids is 1. The fourth-order valence-corrected chi connectivity index (χ4v) is 2.39. The Balaban J connectivity index is 2.09. The van der Waals surface area contributed by atoms with Gasteiger partial charge in [-0.2, -0.15) is 0 Å². The van der Waals surface area contributed by atoms with Gasteiger partial charge in [0.2, 0.25) is 0 Å². The molecule has 1 aliphatic rings. The van der Waals surface area contributed by atoms with Gasteiger partial charge in [-0.3, -0.25) is 4.79 Å². The molecule has 0 heterocycles. The van der Waals surface area contributed by atoms with E-state index in [4.69, 9.17) is 0 Å². The predicted octanol–water partition coefficient (Wildman–Crippen LogP) is 2.82. The van der Waals surface area contributed by atoms with E-state index in [1.807, 2.05) is 19.2 Å². The third-order valence-electron chi connectivity index (χ3n) is 3.61. The van der Waals surface area contributed by atoms with Crippen LogP contribution in [-0.2, 0) is 6.42 Å². The quantitative estimate of drug-likeness (QED) is 0.763. The minimum Gasteiger partial charge on any atom is -0.319 e. The largest absolute Gasteiger partial charge is 0.319 e. The summed E-state index contributed by atoms with van der Waals surface area (Å²) in [6, 6.07) is 8.16. The van der Waals surface area contributed by atoms with Crippen molar-refractivity contribution in [3.8, 4) is 0 Å². The topological polar surface area (TPSA) is 29.1 Å². The molecule has 0 radical (unpaired) electrons. The standard InChI is InChI=1S/C15H21NO/c1-3-4-12-5-7-13(8-6-12)14(17)15(9-10-15)11-16-2/h5-8,16H,3-4,9-11H2,1-2H3. The van der Waals surface area contributed by atoms with Crippen LogP contribution in [0.15, 0.2) is 24.3 Å². The van der Waals surface area contributed by atoms with Crippen molar-refractivity contribution in [1.29, 1.82) is 0 Å². The smallest absolute Gasteiger partial charge is 0.170 e. The molecule has 1 aliphatic carbocycles. The lowest BCUT2D eigenvalue weighted by Gasteiger charge is -2.13. The highest BCUT2D eigenvalue weighted by molar-refractivity contribution is 6.02. The minimum atomic E-state index is -0.0962. The molecule has 2 heteroatoms. The van der Waals surface area contributed by atoms with Crippen LogP contribution in [0.1, 0.15) is 42.1 Å². The summed E-state index contributed by atoms with van der Waals surface area (Å²) in [6.45, 7) is 2.98. The van der Waals surface area contributed by atoms with Gasteiger partial charge < -0.3 is 5.32 Å². The summed E-state index contributed by atoms with van der Waals surface area (Å²) in [5.41, 5.74) is 2.10. The van der Waals surface area contributed by atoms with Crippen molar-refractivity contribution in [3.63, 3.8) is 0 Å². The highest BCUT2D eigenvalue weighted by Gasteiger charge is 2.48. The number of aryl methyl sites for hydroxylation is 1. The molecule has 1 aromatic rings. The lowest BCUT2D eigenvalue weighted by Crippen LogP contribution is -2.27. The molecule has 1 fully saturated rings. The van der Waals surface area contributed by atoms with Crippen molar-refractivity contribution in [2.24, 2.45) is 5.41 Å². The maximum Gasteiger partial charge on any atom is 0.170 e. The summed E-state index contributed by atoms with van der Waals surface area (Å²) in [6.07, 6.45) is 4.31. The van der Waals surface area contributed by atoms with Crippen molar-refractivity contribution >= 4 is 5.78 Å². The van der Waals surface area contributed by atoms with Crippen LogP contribution in [0.3, 0.4) is 0 Å². The van der Waals surface area contributed by atoms with Crippen LogP contribution in [-0.4, -0.2) is 19.4 Å². The summed E-state index contributed by atoms with van der Waals surface area (Å²) in [5.74, 6) is 0.315. The van der Waals surface area contributed by atoms with Gasteiger partial charge in [0.1, 0.15) is 0 Å². The van der Waals surface area contributed by atoms with E-state index in [0.717, 1.165) is 37.8 Å². The molecule has 17 heavy (non-hydrogen) atoms. The normalized spacial score (nSPS) is 16.8. The predicted molar refractivity (Wildman–Crippen MR) is 70.4 cm³/mol. The second kappa shape index (κ2) is 5.01. The molecule has 2 rings (SSSR count). The van der Waals surface area contributed by atoms with E-state index in [1.165, 1.54) is 5.56 Å². The van der Waals surface area contributed by atoms with Crippen LogP contribution < -0.4 is 5.32 Å². The van der Waals surface area contributed by atoms with Gasteiger partial charge in [0.25, 0.3) is 0 Å². The third kappa shape index (κ3) is 2.58. The second-order valence-electron chi connectivity index (χ2n) is 5.09. The van der Waals surface area contributed by atoms with E-state index in [1.54, 1.807) is 0 Å². The Kier molecular flexibility index (Phi) is 3.63. The summed E-state index contributed by atoms with van der Waals surface area (Å²) in [5, 5.41) is 3.13. The summed E-state index contributed by atoms with van der Waals surface area (Å²) < 4.78 is 0. The molecule has 0 bridgehead atoms. The molecule has 0 spiro atoms. The van der Waals surface area contributed by atoms with E-state index in [0.29, 0.717) is 5.78 Å². The molecule has 0 amide bonds. The first-order valence-corrected chi connectivity index (χ1v) is 6.50. The lowest BCUT2D eigenvalue weighted by atomic mass is 9.93. The van der Waals surface area contributed by atoms with Crippen LogP contribution in [0.4, 0.5) is 0 Å². The van der Waals surface area contributed by atoms with Gasteiger partial charge in [-0.1, -0.05) is 37.6 Å². The first-order chi connectivity index (χ1) is 8.22. The lowest BCUT2D eigenvalue weighted by molar-refractivity contribution is 0.0900. The Morgan fingerprint density at radius 1 is 1.29 bits per heavy atom. The number of carbonyl (C=O) groups is 1. The number of hydrogen-bond acceptors (Lipinski definition) is 2. The third-order valence-corrected chi connectivity index (χ3v) is 3.61. The highest BCUT2D eigenvalue weighted by atomic mass is 16.1. The molecular formula is C15H21NO. The fraction of sp³-hybridized carbons (Fsp3) is 0.533. The van der Waals surface area contributed by atoms with Crippen molar-refractivity contribution in [2.45, 2.75) is 32.6 Å². The Morgan fingerprint density at radius 2 is 1.94 bits per heavy atom. The van der Waals surface area contributed by atoms with Crippen molar-refractivity contribution in [2.75, 3.05) is 13.6 Å². The molecule has 0 unspecified atom stereocenters. The number of benzene rings is 1. The van der Waals surface area contributed by atoms with Crippen LogP contribution in [0.2, 0.25) is 0 Å². The van der Waals surface area contributed by atoms with Crippen LogP contribution in [0.25, 0.3) is 0 Å². The molecule has 1 aromatic carbocycles. The zero-order valence-corrected chi connectivity index (χ0v) is 10.8. The van der Waals surface area contributed by atoms with Gasteiger partial charge in [-0.25, -0.2) is 0 Å². The Hall–Kier alpha value is -1.15. The molecule has 92 valence electrons. The first-order valence-electron chi connectivity index (χ1n) is 6.50. The summed E-state index contributed by atoms with van der Waals surface area (Å²) in [7, 11) is 1.91. The molecule has 0 saturated heterocycles.